The van der Waals surface area contributed by atoms with Crippen molar-refractivity contribution in [1.82, 2.24) is 4.90 Å². The number of rotatable bonds is 3. The highest BCUT2D eigenvalue weighted by Crippen LogP contribution is 2.35. The lowest BCUT2D eigenvalue weighted by Gasteiger charge is -2.05. The van der Waals surface area contributed by atoms with E-state index in [4.69, 9.17) is 0 Å². The average molecular weight is 189 g/mol. The monoisotopic (exact) mass is 189 g/mol. The lowest BCUT2D eigenvalue weighted by molar-refractivity contribution is 0.432. The topological polar surface area (TPSA) is 3.01 Å². The molecule has 0 radical (unpaired) electrons. The maximum absolute atomic E-state index is 2.57. The molecule has 1 aromatic carbocycles. The Morgan fingerprint density at radius 1 is 1.21 bits per heavy atom. The fourth-order valence-electron chi connectivity index (χ4n) is 2.42. The summed E-state index contributed by atoms with van der Waals surface area (Å²) in [6.45, 7) is 8.07. The summed E-state index contributed by atoms with van der Waals surface area (Å²) < 4.78 is 0. The maximum Gasteiger partial charge on any atom is 0.0279 e. The summed E-state index contributed by atoms with van der Waals surface area (Å²) in [7, 11) is 0. The average Bonchev–Trinajstić information content (AvgIpc) is 2.78. The normalized spacial score (nSPS) is 30.7. The fourth-order valence-corrected chi connectivity index (χ4v) is 2.42. The van der Waals surface area contributed by atoms with E-state index in [-0.39, 0.29) is 0 Å². The molecule has 2 rings (SSSR count). The Hall–Kier alpha value is -0.820. The highest BCUT2D eigenvalue weighted by molar-refractivity contribution is 5.17. The molecule has 1 heteroatoms. The van der Waals surface area contributed by atoms with Crippen LogP contribution in [-0.4, -0.2) is 17.0 Å². The molecule has 0 aromatic heterocycles. The third kappa shape index (κ3) is 1.83. The van der Waals surface area contributed by atoms with Crippen LogP contribution in [0.15, 0.2) is 30.3 Å². The van der Waals surface area contributed by atoms with Gasteiger partial charge >= 0.3 is 0 Å². The van der Waals surface area contributed by atoms with Crippen molar-refractivity contribution in [2.75, 3.05) is 0 Å². The second-order valence-corrected chi connectivity index (χ2v) is 4.63. The van der Waals surface area contributed by atoms with Crippen molar-refractivity contribution in [3.05, 3.63) is 35.9 Å². The van der Waals surface area contributed by atoms with Gasteiger partial charge in [0.2, 0.25) is 0 Å². The molecule has 0 N–H and O–H groups in total. The summed E-state index contributed by atoms with van der Waals surface area (Å²) in [5, 5.41) is 0. The number of hydrogen-bond donors (Lipinski definition) is 0. The summed E-state index contributed by atoms with van der Waals surface area (Å²) in [6.07, 6.45) is 0. The van der Waals surface area contributed by atoms with E-state index in [9.17, 15) is 0 Å². The van der Waals surface area contributed by atoms with Crippen molar-refractivity contribution in [2.45, 2.75) is 39.4 Å². The Morgan fingerprint density at radius 2 is 1.86 bits per heavy atom. The standard InChI is InChI=1S/C13H19N/c1-10(2)13-11(3)14(13)9-12-7-5-4-6-8-12/h4-8,10-11,13H,9H2,1-3H3. The molecule has 0 saturated carbocycles. The van der Waals surface area contributed by atoms with Crippen LogP contribution in [-0.2, 0) is 6.54 Å². The molecule has 1 fully saturated rings. The molecule has 1 nitrogen and oxygen atoms in total. The summed E-state index contributed by atoms with van der Waals surface area (Å²) in [5.74, 6) is 0.786. The van der Waals surface area contributed by atoms with Crippen molar-refractivity contribution in [3.63, 3.8) is 0 Å². The molecule has 1 heterocycles. The lowest BCUT2D eigenvalue weighted by Crippen LogP contribution is -2.07. The third-order valence-electron chi connectivity index (χ3n) is 3.20. The summed E-state index contributed by atoms with van der Waals surface area (Å²) in [6, 6.07) is 12.3. The number of nitrogens with zero attached hydrogens (tertiary/aromatic N) is 1. The molecular weight excluding hydrogens is 170 g/mol. The van der Waals surface area contributed by atoms with Crippen LogP contribution in [0.5, 0.6) is 0 Å². The van der Waals surface area contributed by atoms with E-state index >= 15 is 0 Å². The van der Waals surface area contributed by atoms with E-state index < -0.39 is 0 Å². The van der Waals surface area contributed by atoms with Crippen molar-refractivity contribution in [2.24, 2.45) is 5.92 Å². The minimum absolute atomic E-state index is 0.773. The zero-order valence-corrected chi connectivity index (χ0v) is 9.27. The van der Waals surface area contributed by atoms with Crippen LogP contribution >= 0.6 is 0 Å². The van der Waals surface area contributed by atoms with Crippen molar-refractivity contribution in [1.29, 1.82) is 0 Å². The Kier molecular flexibility index (Phi) is 2.60. The highest BCUT2D eigenvalue weighted by Gasteiger charge is 2.44. The first-order chi connectivity index (χ1) is 6.70. The Bertz CT molecular complexity index is 291. The SMILES string of the molecule is CC(C)C1C(C)N1Cc1ccccc1. The van der Waals surface area contributed by atoms with E-state index in [1.165, 1.54) is 5.56 Å². The zero-order valence-electron chi connectivity index (χ0n) is 9.27. The van der Waals surface area contributed by atoms with E-state index in [1.54, 1.807) is 0 Å². The van der Waals surface area contributed by atoms with Gasteiger partial charge < -0.3 is 0 Å². The van der Waals surface area contributed by atoms with Gasteiger partial charge in [0.25, 0.3) is 0 Å². The van der Waals surface area contributed by atoms with Gasteiger partial charge in [-0.15, -0.1) is 0 Å². The van der Waals surface area contributed by atoms with E-state index in [0.717, 1.165) is 24.5 Å². The molecule has 0 bridgehead atoms. The smallest absolute Gasteiger partial charge is 0.0279 e. The van der Waals surface area contributed by atoms with Crippen molar-refractivity contribution >= 4 is 0 Å². The lowest BCUT2D eigenvalue weighted by atomic mass is 10.1. The van der Waals surface area contributed by atoms with Crippen molar-refractivity contribution < 1.29 is 0 Å². The van der Waals surface area contributed by atoms with Gasteiger partial charge in [-0.1, -0.05) is 44.2 Å². The highest BCUT2D eigenvalue weighted by atomic mass is 15.3. The molecule has 1 aliphatic heterocycles. The molecule has 1 saturated heterocycles. The molecule has 3 atom stereocenters. The zero-order chi connectivity index (χ0) is 10.1. The minimum atomic E-state index is 0.773. The van der Waals surface area contributed by atoms with Crippen LogP contribution < -0.4 is 0 Å². The first-order valence-electron chi connectivity index (χ1n) is 5.50. The van der Waals surface area contributed by atoms with Gasteiger partial charge in [-0.25, -0.2) is 0 Å². The summed E-state index contributed by atoms with van der Waals surface area (Å²) in [5.41, 5.74) is 1.43. The van der Waals surface area contributed by atoms with Crippen LogP contribution in [0.25, 0.3) is 0 Å². The Morgan fingerprint density at radius 3 is 2.36 bits per heavy atom. The van der Waals surface area contributed by atoms with E-state index in [1.807, 2.05) is 0 Å². The Balaban J connectivity index is 1.95. The van der Waals surface area contributed by atoms with Gasteiger partial charge in [-0.2, -0.15) is 0 Å². The van der Waals surface area contributed by atoms with Crippen LogP contribution in [0.4, 0.5) is 0 Å². The maximum atomic E-state index is 2.57. The predicted octanol–water partition coefficient (Wildman–Crippen LogP) is 2.92. The molecule has 3 unspecified atom stereocenters. The molecule has 14 heavy (non-hydrogen) atoms. The van der Waals surface area contributed by atoms with Crippen LogP contribution in [0.1, 0.15) is 26.3 Å². The van der Waals surface area contributed by atoms with Gasteiger partial charge in [0.1, 0.15) is 0 Å². The largest absolute Gasteiger partial charge is 0.290 e. The molecular formula is C13H19N. The van der Waals surface area contributed by atoms with Gasteiger partial charge in [0.15, 0.2) is 0 Å². The third-order valence-corrected chi connectivity index (χ3v) is 3.20. The summed E-state index contributed by atoms with van der Waals surface area (Å²) in [4.78, 5) is 2.57. The van der Waals surface area contributed by atoms with Gasteiger partial charge in [-0.05, 0) is 18.4 Å². The van der Waals surface area contributed by atoms with Gasteiger partial charge in [0.05, 0.1) is 0 Å². The first-order valence-corrected chi connectivity index (χ1v) is 5.50. The van der Waals surface area contributed by atoms with Crippen LogP contribution in [0.3, 0.4) is 0 Å². The molecule has 0 spiro atoms. The second-order valence-electron chi connectivity index (χ2n) is 4.63. The van der Waals surface area contributed by atoms with E-state index in [2.05, 4.69) is 56.0 Å². The quantitative estimate of drug-likeness (QED) is 0.661. The number of benzene rings is 1. The predicted molar refractivity (Wildman–Crippen MR) is 60.1 cm³/mol. The Labute approximate surface area is 86.7 Å². The molecule has 1 aromatic rings. The van der Waals surface area contributed by atoms with Crippen LogP contribution in [0.2, 0.25) is 0 Å². The fraction of sp³-hybridized carbons (Fsp3) is 0.538. The van der Waals surface area contributed by atoms with Gasteiger partial charge in [0, 0.05) is 18.6 Å². The molecule has 1 aliphatic rings. The second kappa shape index (κ2) is 3.74. The number of hydrogen-bond acceptors (Lipinski definition) is 1. The molecule has 76 valence electrons. The van der Waals surface area contributed by atoms with Crippen LogP contribution in [0, 0.1) is 5.92 Å². The molecule has 0 amide bonds. The van der Waals surface area contributed by atoms with E-state index in [0.29, 0.717) is 0 Å². The minimum Gasteiger partial charge on any atom is -0.290 e. The molecule has 0 aliphatic carbocycles. The van der Waals surface area contributed by atoms with Crippen molar-refractivity contribution in [3.8, 4) is 0 Å². The van der Waals surface area contributed by atoms with Gasteiger partial charge in [-0.3, -0.25) is 4.90 Å². The summed E-state index contributed by atoms with van der Waals surface area (Å²) >= 11 is 0. The first kappa shape index (κ1) is 9.72.